The van der Waals surface area contributed by atoms with Crippen LogP contribution in [0, 0.1) is 0 Å². The molecule has 0 aliphatic carbocycles. The van der Waals surface area contributed by atoms with Crippen molar-refractivity contribution in [2.75, 3.05) is 0 Å². The molecule has 0 radical (unpaired) electrons. The summed E-state index contributed by atoms with van der Waals surface area (Å²) >= 11 is 0. The van der Waals surface area contributed by atoms with Crippen molar-refractivity contribution >= 4 is 0 Å². The van der Waals surface area contributed by atoms with Crippen molar-refractivity contribution in [1.82, 2.24) is 14.8 Å². The van der Waals surface area contributed by atoms with Gasteiger partial charge in [-0.05, 0) is 26.2 Å². The molecule has 0 amide bonds. The molecule has 1 atom stereocenters. The van der Waals surface area contributed by atoms with E-state index in [4.69, 9.17) is 0 Å². The Balaban J connectivity index is 2.63. The lowest BCUT2D eigenvalue weighted by Gasteiger charge is -2.22. The van der Waals surface area contributed by atoms with Crippen molar-refractivity contribution in [1.29, 1.82) is 0 Å². The Morgan fingerprint density at radius 3 is 3.00 bits per heavy atom. The minimum atomic E-state index is -0.729. The third kappa shape index (κ3) is 3.77. The molecule has 0 fully saturated rings. The van der Waals surface area contributed by atoms with Crippen molar-refractivity contribution in [2.24, 2.45) is 0 Å². The van der Waals surface area contributed by atoms with Crippen LogP contribution in [-0.2, 0) is 13.0 Å². The lowest BCUT2D eigenvalue weighted by atomic mass is 9.96. The van der Waals surface area contributed by atoms with Crippen LogP contribution in [-0.4, -0.2) is 25.5 Å². The average molecular weight is 223 g/mol. The number of nitrogens with zero attached hydrogens (tertiary/aromatic N) is 3. The summed E-state index contributed by atoms with van der Waals surface area (Å²) in [5.41, 5.74) is -0.729. The molecule has 4 nitrogen and oxygen atoms in total. The Bertz CT molecular complexity index is 331. The fourth-order valence-electron chi connectivity index (χ4n) is 1.67. The van der Waals surface area contributed by atoms with Gasteiger partial charge in [0, 0.05) is 13.0 Å². The molecule has 0 bridgehead atoms. The van der Waals surface area contributed by atoms with Crippen LogP contribution in [0.1, 0.15) is 38.9 Å². The fourth-order valence-corrected chi connectivity index (χ4v) is 1.67. The molecule has 90 valence electrons. The van der Waals surface area contributed by atoms with E-state index in [-0.39, 0.29) is 0 Å². The van der Waals surface area contributed by atoms with Crippen molar-refractivity contribution in [3.63, 3.8) is 0 Å². The second-order valence-corrected chi connectivity index (χ2v) is 4.40. The molecular weight excluding hydrogens is 202 g/mol. The summed E-state index contributed by atoms with van der Waals surface area (Å²) < 4.78 is 1.86. The van der Waals surface area contributed by atoms with Gasteiger partial charge in [0.2, 0.25) is 0 Å². The van der Waals surface area contributed by atoms with Gasteiger partial charge in [0.05, 0.1) is 5.60 Å². The zero-order valence-electron chi connectivity index (χ0n) is 10.2. The van der Waals surface area contributed by atoms with Gasteiger partial charge in [0.25, 0.3) is 0 Å². The number of aliphatic hydroxyl groups is 1. The van der Waals surface area contributed by atoms with Crippen LogP contribution in [0.3, 0.4) is 0 Å². The number of aryl methyl sites for hydroxylation is 1. The highest BCUT2D eigenvalue weighted by molar-refractivity contribution is 4.93. The molecule has 1 aromatic rings. The Morgan fingerprint density at radius 1 is 1.62 bits per heavy atom. The monoisotopic (exact) mass is 223 g/mol. The van der Waals surface area contributed by atoms with E-state index in [0.29, 0.717) is 12.8 Å². The predicted molar refractivity (Wildman–Crippen MR) is 64.1 cm³/mol. The molecule has 0 saturated carbocycles. The van der Waals surface area contributed by atoms with Gasteiger partial charge in [-0.2, -0.15) is 5.10 Å². The SMILES string of the molecule is C=CCCC(C)(O)Cc1ncnn1CCC. The number of allylic oxidation sites excluding steroid dienone is 1. The van der Waals surface area contributed by atoms with Gasteiger partial charge in [0.15, 0.2) is 0 Å². The average Bonchev–Trinajstić information content (AvgIpc) is 2.63. The third-order valence-corrected chi connectivity index (χ3v) is 2.56. The van der Waals surface area contributed by atoms with Gasteiger partial charge >= 0.3 is 0 Å². The Labute approximate surface area is 97.0 Å². The van der Waals surface area contributed by atoms with Crippen molar-refractivity contribution in [2.45, 2.75) is 51.7 Å². The Kier molecular flexibility index (Phi) is 4.68. The predicted octanol–water partition coefficient (Wildman–Crippen LogP) is 1.95. The van der Waals surface area contributed by atoms with E-state index in [1.54, 1.807) is 6.33 Å². The lowest BCUT2D eigenvalue weighted by Crippen LogP contribution is -2.28. The third-order valence-electron chi connectivity index (χ3n) is 2.56. The van der Waals surface area contributed by atoms with Crippen molar-refractivity contribution in [3.8, 4) is 0 Å². The molecule has 0 aliphatic rings. The first-order chi connectivity index (χ1) is 7.59. The second-order valence-electron chi connectivity index (χ2n) is 4.40. The first-order valence-electron chi connectivity index (χ1n) is 5.79. The number of hydrogen-bond donors (Lipinski definition) is 1. The second kappa shape index (κ2) is 5.80. The molecule has 1 rings (SSSR count). The lowest BCUT2D eigenvalue weighted by molar-refractivity contribution is 0.0491. The first-order valence-corrected chi connectivity index (χ1v) is 5.79. The maximum Gasteiger partial charge on any atom is 0.138 e. The van der Waals surface area contributed by atoms with Gasteiger partial charge in [-0.15, -0.1) is 6.58 Å². The van der Waals surface area contributed by atoms with E-state index in [1.807, 2.05) is 17.7 Å². The minimum absolute atomic E-state index is 0.543. The Hall–Kier alpha value is -1.16. The Morgan fingerprint density at radius 2 is 2.38 bits per heavy atom. The molecule has 1 N–H and O–H groups in total. The molecule has 0 aliphatic heterocycles. The summed E-state index contributed by atoms with van der Waals surface area (Å²) in [7, 11) is 0. The molecule has 4 heteroatoms. The highest BCUT2D eigenvalue weighted by Crippen LogP contribution is 2.17. The van der Waals surface area contributed by atoms with E-state index in [2.05, 4.69) is 23.6 Å². The maximum absolute atomic E-state index is 10.2. The van der Waals surface area contributed by atoms with Crippen molar-refractivity contribution in [3.05, 3.63) is 24.8 Å². The van der Waals surface area contributed by atoms with Crippen LogP contribution < -0.4 is 0 Å². The summed E-state index contributed by atoms with van der Waals surface area (Å²) in [5, 5.41) is 14.3. The van der Waals surface area contributed by atoms with E-state index >= 15 is 0 Å². The van der Waals surface area contributed by atoms with Gasteiger partial charge in [-0.25, -0.2) is 4.98 Å². The summed E-state index contributed by atoms with van der Waals surface area (Å²) in [4.78, 5) is 4.19. The smallest absolute Gasteiger partial charge is 0.138 e. The first kappa shape index (κ1) is 12.9. The topological polar surface area (TPSA) is 50.9 Å². The summed E-state index contributed by atoms with van der Waals surface area (Å²) in [5.74, 6) is 0.857. The minimum Gasteiger partial charge on any atom is -0.390 e. The summed E-state index contributed by atoms with van der Waals surface area (Å²) in [6.45, 7) is 8.45. The molecule has 0 spiro atoms. The van der Waals surface area contributed by atoms with E-state index in [0.717, 1.165) is 25.2 Å². The maximum atomic E-state index is 10.2. The van der Waals surface area contributed by atoms with Crippen LogP contribution in [0.15, 0.2) is 19.0 Å². The molecule has 0 aromatic carbocycles. The van der Waals surface area contributed by atoms with E-state index < -0.39 is 5.60 Å². The summed E-state index contributed by atoms with van der Waals surface area (Å²) in [6, 6.07) is 0. The summed E-state index contributed by atoms with van der Waals surface area (Å²) in [6.07, 6.45) is 6.45. The normalized spacial score (nSPS) is 14.7. The van der Waals surface area contributed by atoms with Gasteiger partial charge < -0.3 is 5.11 Å². The van der Waals surface area contributed by atoms with Gasteiger partial charge in [-0.1, -0.05) is 13.0 Å². The highest BCUT2D eigenvalue weighted by atomic mass is 16.3. The molecule has 1 unspecified atom stereocenters. The number of aromatic nitrogens is 3. The molecule has 16 heavy (non-hydrogen) atoms. The zero-order chi connectivity index (χ0) is 12.0. The molecule has 1 heterocycles. The van der Waals surface area contributed by atoms with Gasteiger partial charge in [-0.3, -0.25) is 4.68 Å². The molecule has 0 saturated heterocycles. The van der Waals surface area contributed by atoms with Crippen LogP contribution in [0.25, 0.3) is 0 Å². The zero-order valence-corrected chi connectivity index (χ0v) is 10.2. The number of hydrogen-bond acceptors (Lipinski definition) is 3. The largest absolute Gasteiger partial charge is 0.390 e. The standard InChI is InChI=1S/C12H21N3O/c1-4-6-7-12(3,16)9-11-13-10-14-15(11)8-5-2/h4,10,16H,1,5-9H2,2-3H3. The van der Waals surface area contributed by atoms with Crippen LogP contribution in [0.2, 0.25) is 0 Å². The highest BCUT2D eigenvalue weighted by Gasteiger charge is 2.22. The van der Waals surface area contributed by atoms with Crippen LogP contribution in [0.5, 0.6) is 0 Å². The van der Waals surface area contributed by atoms with E-state index in [1.165, 1.54) is 0 Å². The van der Waals surface area contributed by atoms with Crippen LogP contribution in [0.4, 0.5) is 0 Å². The number of rotatable bonds is 7. The van der Waals surface area contributed by atoms with Gasteiger partial charge in [0.1, 0.15) is 12.2 Å². The quantitative estimate of drug-likeness (QED) is 0.719. The van der Waals surface area contributed by atoms with Crippen LogP contribution >= 0.6 is 0 Å². The van der Waals surface area contributed by atoms with E-state index in [9.17, 15) is 5.11 Å². The van der Waals surface area contributed by atoms with Crippen molar-refractivity contribution < 1.29 is 5.11 Å². The fraction of sp³-hybridized carbons (Fsp3) is 0.667. The molecule has 1 aromatic heterocycles. The molecular formula is C12H21N3O.